The molecule has 2 rings (SSSR count). The Morgan fingerprint density at radius 2 is 1.90 bits per heavy atom. The van der Waals surface area contributed by atoms with Gasteiger partial charge in [-0.1, -0.05) is 56.5 Å². The molecule has 3 nitrogen and oxygen atoms in total. The number of nitrogens with one attached hydrogen (secondary N) is 1. The first kappa shape index (κ1) is 14.9. The van der Waals surface area contributed by atoms with Gasteiger partial charge in [0.05, 0.1) is 5.54 Å². The van der Waals surface area contributed by atoms with Crippen LogP contribution in [0, 0.1) is 0 Å². The number of nitrogens with zero attached hydrogens (tertiary/aromatic N) is 1. The summed E-state index contributed by atoms with van der Waals surface area (Å²) < 4.78 is 0. The molecule has 2 amide bonds. The van der Waals surface area contributed by atoms with Gasteiger partial charge in [-0.2, -0.15) is 0 Å². The van der Waals surface area contributed by atoms with E-state index < -0.39 is 0 Å². The highest BCUT2D eigenvalue weighted by atomic mass is 16.2. The fourth-order valence-corrected chi connectivity index (χ4v) is 3.02. The number of hydrogen-bond donors (Lipinski definition) is 1. The van der Waals surface area contributed by atoms with Crippen LogP contribution >= 0.6 is 0 Å². The zero-order chi connectivity index (χ0) is 14.4. The highest BCUT2D eigenvalue weighted by Gasteiger charge is 2.37. The summed E-state index contributed by atoms with van der Waals surface area (Å²) in [6.45, 7) is 2.97. The lowest BCUT2D eigenvalue weighted by molar-refractivity contribution is 0.191. The smallest absolute Gasteiger partial charge is 0.317 e. The monoisotopic (exact) mass is 274 g/mol. The van der Waals surface area contributed by atoms with Crippen LogP contribution in [0.3, 0.4) is 0 Å². The van der Waals surface area contributed by atoms with E-state index in [1.165, 1.54) is 18.4 Å². The van der Waals surface area contributed by atoms with Gasteiger partial charge in [0.15, 0.2) is 0 Å². The van der Waals surface area contributed by atoms with Crippen LogP contribution in [-0.4, -0.2) is 24.5 Å². The number of carbonyl (C=O) groups excluding carboxylic acids is 1. The van der Waals surface area contributed by atoms with Gasteiger partial charge in [0, 0.05) is 13.6 Å². The fourth-order valence-electron chi connectivity index (χ4n) is 3.02. The molecular formula is C17H26N2O. The van der Waals surface area contributed by atoms with Crippen molar-refractivity contribution in [1.82, 2.24) is 10.2 Å². The summed E-state index contributed by atoms with van der Waals surface area (Å²) in [6, 6.07) is 10.5. The highest BCUT2D eigenvalue weighted by molar-refractivity contribution is 5.75. The third-order valence-corrected chi connectivity index (χ3v) is 4.32. The first-order valence-electron chi connectivity index (χ1n) is 7.77. The van der Waals surface area contributed by atoms with Gasteiger partial charge in [0.25, 0.3) is 0 Å². The minimum Gasteiger partial charge on any atom is -0.328 e. The lowest BCUT2D eigenvalue weighted by atomic mass is 9.88. The van der Waals surface area contributed by atoms with E-state index in [0.717, 1.165) is 32.2 Å². The summed E-state index contributed by atoms with van der Waals surface area (Å²) in [5.41, 5.74) is 1.09. The summed E-state index contributed by atoms with van der Waals surface area (Å²) in [7, 11) is 1.89. The number of hydrogen-bond acceptors (Lipinski definition) is 1. The van der Waals surface area contributed by atoms with E-state index >= 15 is 0 Å². The zero-order valence-corrected chi connectivity index (χ0v) is 12.7. The summed E-state index contributed by atoms with van der Waals surface area (Å²) in [5.74, 6) is 0. The molecule has 1 fully saturated rings. The van der Waals surface area contributed by atoms with Crippen molar-refractivity contribution in [3.05, 3.63) is 35.9 Å². The average Bonchev–Trinajstić information content (AvgIpc) is 2.95. The average molecular weight is 274 g/mol. The van der Waals surface area contributed by atoms with Gasteiger partial charge in [0.1, 0.15) is 0 Å². The van der Waals surface area contributed by atoms with E-state index in [1.807, 2.05) is 18.0 Å². The second kappa shape index (κ2) is 6.78. The Labute approximate surface area is 122 Å². The van der Waals surface area contributed by atoms with Crippen molar-refractivity contribution in [2.45, 2.75) is 51.0 Å². The van der Waals surface area contributed by atoms with E-state index in [9.17, 15) is 4.79 Å². The highest BCUT2D eigenvalue weighted by Crippen LogP contribution is 2.38. The quantitative estimate of drug-likeness (QED) is 0.867. The summed E-state index contributed by atoms with van der Waals surface area (Å²) in [4.78, 5) is 14.2. The fraction of sp³-hybridized carbons (Fsp3) is 0.588. The Morgan fingerprint density at radius 1 is 1.25 bits per heavy atom. The Balaban J connectivity index is 2.08. The molecule has 110 valence electrons. The SMILES string of the molecule is CCCCN(C)C(=O)NC1(c2ccccc2)CCCC1. The molecule has 1 saturated carbocycles. The predicted molar refractivity (Wildman–Crippen MR) is 82.7 cm³/mol. The molecule has 1 aliphatic carbocycles. The molecule has 20 heavy (non-hydrogen) atoms. The van der Waals surface area contributed by atoms with Gasteiger partial charge in [0.2, 0.25) is 0 Å². The van der Waals surface area contributed by atoms with Gasteiger partial charge in [-0.05, 0) is 24.8 Å². The van der Waals surface area contributed by atoms with Crippen molar-refractivity contribution in [3.63, 3.8) is 0 Å². The minimum absolute atomic E-state index is 0.0594. The molecule has 1 N–H and O–H groups in total. The second-order valence-corrected chi connectivity index (χ2v) is 5.86. The maximum Gasteiger partial charge on any atom is 0.317 e. The molecule has 0 radical (unpaired) electrons. The van der Waals surface area contributed by atoms with Gasteiger partial charge < -0.3 is 10.2 Å². The van der Waals surface area contributed by atoms with Crippen molar-refractivity contribution in [2.24, 2.45) is 0 Å². The number of rotatable bonds is 5. The van der Waals surface area contributed by atoms with Crippen LogP contribution in [0.5, 0.6) is 0 Å². The Morgan fingerprint density at radius 3 is 2.50 bits per heavy atom. The molecule has 0 unspecified atom stereocenters. The van der Waals surface area contributed by atoms with Crippen LogP contribution in [0.1, 0.15) is 51.0 Å². The van der Waals surface area contributed by atoms with Crippen molar-refractivity contribution >= 4 is 6.03 Å². The zero-order valence-electron chi connectivity index (χ0n) is 12.7. The minimum atomic E-state index is -0.154. The third-order valence-electron chi connectivity index (χ3n) is 4.32. The normalized spacial score (nSPS) is 16.9. The summed E-state index contributed by atoms with van der Waals surface area (Å²) >= 11 is 0. The number of amides is 2. The summed E-state index contributed by atoms with van der Waals surface area (Å²) in [6.07, 6.45) is 6.64. The van der Waals surface area contributed by atoms with E-state index in [2.05, 4.69) is 36.5 Å². The topological polar surface area (TPSA) is 32.3 Å². The van der Waals surface area contributed by atoms with Crippen LogP contribution < -0.4 is 5.32 Å². The van der Waals surface area contributed by atoms with Crippen LogP contribution in [0.25, 0.3) is 0 Å². The standard InChI is InChI=1S/C17H26N2O/c1-3-4-14-19(2)16(20)18-17(12-8-9-13-17)15-10-6-5-7-11-15/h5-7,10-11H,3-4,8-9,12-14H2,1-2H3,(H,18,20). The molecule has 0 aliphatic heterocycles. The van der Waals surface area contributed by atoms with E-state index in [4.69, 9.17) is 0 Å². The number of urea groups is 1. The maximum atomic E-state index is 12.4. The van der Waals surface area contributed by atoms with Crippen molar-refractivity contribution in [2.75, 3.05) is 13.6 Å². The molecule has 0 aromatic heterocycles. The first-order chi connectivity index (χ1) is 9.68. The number of unbranched alkanes of at least 4 members (excludes halogenated alkanes) is 1. The molecule has 1 aliphatic rings. The van der Waals surface area contributed by atoms with Gasteiger partial charge >= 0.3 is 6.03 Å². The van der Waals surface area contributed by atoms with E-state index in [0.29, 0.717) is 0 Å². The van der Waals surface area contributed by atoms with Crippen molar-refractivity contribution in [1.29, 1.82) is 0 Å². The molecule has 0 heterocycles. The maximum absolute atomic E-state index is 12.4. The third kappa shape index (κ3) is 3.33. The molecule has 1 aromatic rings. The second-order valence-electron chi connectivity index (χ2n) is 5.86. The van der Waals surface area contributed by atoms with Crippen LogP contribution in [0.4, 0.5) is 4.79 Å². The lowest BCUT2D eigenvalue weighted by Gasteiger charge is -2.33. The Hall–Kier alpha value is -1.51. The van der Waals surface area contributed by atoms with Crippen molar-refractivity contribution in [3.8, 4) is 0 Å². The van der Waals surface area contributed by atoms with Crippen molar-refractivity contribution < 1.29 is 4.79 Å². The largest absolute Gasteiger partial charge is 0.328 e. The Bertz CT molecular complexity index is 424. The predicted octanol–water partition coefficient (Wildman–Crippen LogP) is 3.90. The lowest BCUT2D eigenvalue weighted by Crippen LogP contribution is -2.49. The molecule has 0 bridgehead atoms. The van der Waals surface area contributed by atoms with E-state index in [1.54, 1.807) is 0 Å². The van der Waals surface area contributed by atoms with Gasteiger partial charge in [-0.25, -0.2) is 4.79 Å². The van der Waals surface area contributed by atoms with Crippen LogP contribution in [-0.2, 0) is 5.54 Å². The molecule has 0 spiro atoms. The number of benzene rings is 1. The molecule has 3 heteroatoms. The molecule has 0 saturated heterocycles. The number of carbonyl (C=O) groups is 1. The first-order valence-corrected chi connectivity index (χ1v) is 7.77. The van der Waals surface area contributed by atoms with E-state index in [-0.39, 0.29) is 11.6 Å². The molecule has 0 atom stereocenters. The van der Waals surface area contributed by atoms with Gasteiger partial charge in [-0.15, -0.1) is 0 Å². The van der Waals surface area contributed by atoms with Crippen LogP contribution in [0.2, 0.25) is 0 Å². The van der Waals surface area contributed by atoms with Gasteiger partial charge in [-0.3, -0.25) is 0 Å². The summed E-state index contributed by atoms with van der Waals surface area (Å²) in [5, 5.41) is 3.30. The van der Waals surface area contributed by atoms with Crippen LogP contribution in [0.15, 0.2) is 30.3 Å². The Kier molecular flexibility index (Phi) is 5.05. The molecular weight excluding hydrogens is 248 g/mol. The molecule has 1 aromatic carbocycles.